The van der Waals surface area contributed by atoms with Crippen LogP contribution >= 0.6 is 0 Å². The van der Waals surface area contributed by atoms with Crippen molar-refractivity contribution in [2.24, 2.45) is 5.41 Å². The summed E-state index contributed by atoms with van der Waals surface area (Å²) in [5, 5.41) is 3.50. The van der Waals surface area contributed by atoms with Crippen molar-refractivity contribution in [2.45, 2.75) is 39.2 Å². The van der Waals surface area contributed by atoms with Gasteiger partial charge >= 0.3 is 0 Å². The molecule has 1 aliphatic carbocycles. The van der Waals surface area contributed by atoms with E-state index in [-0.39, 0.29) is 29.3 Å². The van der Waals surface area contributed by atoms with Gasteiger partial charge in [-0.3, -0.25) is 14.5 Å². The summed E-state index contributed by atoms with van der Waals surface area (Å²) in [5.41, 5.74) is 4.31. The number of ketones is 1. The van der Waals surface area contributed by atoms with Gasteiger partial charge in [-0.15, -0.1) is 0 Å². The number of carbonyl (C=O) groups excluding carboxylic acids is 2. The molecule has 1 atom stereocenters. The van der Waals surface area contributed by atoms with Gasteiger partial charge in [0.2, 0.25) is 5.91 Å². The molecule has 1 amide bonds. The molecule has 2 aliphatic rings. The Morgan fingerprint density at radius 3 is 2.38 bits per heavy atom. The molecular weight excluding hydrogens is 427 g/mol. The molecule has 0 aromatic heterocycles. The van der Waals surface area contributed by atoms with Crippen LogP contribution < -0.4 is 10.2 Å². The molecule has 0 saturated carbocycles. The minimum atomic E-state index is -0.647. The Labute approximate surface area is 199 Å². The smallest absolute Gasteiger partial charge is 0.232 e. The second-order valence-electron chi connectivity index (χ2n) is 9.86. The highest BCUT2D eigenvalue weighted by atomic mass is 19.1. The average molecular weight is 455 g/mol. The van der Waals surface area contributed by atoms with Crippen molar-refractivity contribution in [3.8, 4) is 0 Å². The lowest BCUT2D eigenvalue weighted by molar-refractivity contribution is -0.119. The number of rotatable bonds is 3. The number of carbonyl (C=O) groups is 2. The summed E-state index contributed by atoms with van der Waals surface area (Å²) in [6.07, 6.45) is 1.26. The van der Waals surface area contributed by atoms with Gasteiger partial charge in [0.15, 0.2) is 5.78 Å². The largest absolute Gasteiger partial charge is 0.357 e. The number of fused-ring (bicyclic) bond motifs is 1. The van der Waals surface area contributed by atoms with Crippen LogP contribution in [-0.2, 0) is 16.0 Å². The molecule has 0 bridgehead atoms. The van der Waals surface area contributed by atoms with Gasteiger partial charge in [-0.2, -0.15) is 0 Å². The van der Waals surface area contributed by atoms with Gasteiger partial charge in [-0.1, -0.05) is 68.4 Å². The Morgan fingerprint density at radius 1 is 0.971 bits per heavy atom. The third-order valence-corrected chi connectivity index (χ3v) is 6.55. The first kappa shape index (κ1) is 22.1. The molecule has 172 valence electrons. The zero-order chi connectivity index (χ0) is 23.9. The lowest BCUT2D eigenvalue weighted by atomic mass is 9.73. The van der Waals surface area contributed by atoms with E-state index in [1.54, 1.807) is 17.0 Å². The maximum absolute atomic E-state index is 13.9. The zero-order valence-electron chi connectivity index (χ0n) is 19.3. The molecule has 5 rings (SSSR count). The summed E-state index contributed by atoms with van der Waals surface area (Å²) in [5.74, 6) is -0.470. The number of hydrogen-bond donors (Lipinski definition) is 1. The van der Waals surface area contributed by atoms with Crippen molar-refractivity contribution in [2.75, 3.05) is 10.2 Å². The number of allylic oxidation sites excluding steroid dienone is 1. The number of hydrogen-bond acceptors (Lipinski definition) is 3. The second-order valence-corrected chi connectivity index (χ2v) is 9.86. The number of nitrogens with one attached hydrogen (secondary N) is 1. The third-order valence-electron chi connectivity index (χ3n) is 6.55. The van der Waals surface area contributed by atoms with Gasteiger partial charge in [0.25, 0.3) is 0 Å². The van der Waals surface area contributed by atoms with E-state index in [1.807, 2.05) is 54.6 Å². The highest BCUT2D eigenvalue weighted by molar-refractivity contribution is 6.06. The Hall–Kier alpha value is -3.73. The van der Waals surface area contributed by atoms with Gasteiger partial charge in [-0.05, 0) is 47.2 Å². The van der Waals surface area contributed by atoms with Crippen LogP contribution in [-0.4, -0.2) is 11.7 Å². The van der Waals surface area contributed by atoms with Crippen molar-refractivity contribution >= 4 is 23.1 Å². The van der Waals surface area contributed by atoms with Crippen LogP contribution in [0.25, 0.3) is 0 Å². The number of anilines is 2. The quantitative estimate of drug-likeness (QED) is 0.512. The summed E-state index contributed by atoms with van der Waals surface area (Å²) < 4.78 is 13.9. The van der Waals surface area contributed by atoms with Gasteiger partial charge in [0.1, 0.15) is 5.82 Å². The fraction of sp³-hybridized carbons (Fsp3) is 0.241. The highest BCUT2D eigenvalue weighted by Crippen LogP contribution is 2.48. The van der Waals surface area contributed by atoms with Gasteiger partial charge in [-0.25, -0.2) is 4.39 Å². The highest BCUT2D eigenvalue weighted by Gasteiger charge is 2.43. The Morgan fingerprint density at radius 2 is 1.65 bits per heavy atom. The van der Waals surface area contributed by atoms with Crippen LogP contribution in [0.1, 0.15) is 43.9 Å². The van der Waals surface area contributed by atoms with Crippen molar-refractivity contribution in [3.05, 3.63) is 107 Å². The first-order valence-electron chi connectivity index (χ1n) is 11.6. The molecule has 4 nitrogen and oxygen atoms in total. The summed E-state index contributed by atoms with van der Waals surface area (Å²) in [6.45, 7) is 4.16. The van der Waals surface area contributed by atoms with E-state index in [1.165, 1.54) is 12.1 Å². The van der Waals surface area contributed by atoms with Crippen LogP contribution in [0.4, 0.5) is 15.8 Å². The number of para-hydroxylation sites is 2. The standard InChI is InChI=1S/C29H27FN2O2/c1-29(2)17-23-27(25(33)18-29)28(20-12-14-21(30)15-13-20)32(24-11-7-6-10-22(24)31-23)26(34)16-19-8-4-3-5-9-19/h3-15,28,31H,16-18H2,1-2H3. The molecule has 0 fully saturated rings. The molecule has 0 radical (unpaired) electrons. The molecule has 1 heterocycles. The molecule has 3 aromatic rings. The summed E-state index contributed by atoms with van der Waals surface area (Å²) in [7, 11) is 0. The van der Waals surface area contributed by atoms with Crippen molar-refractivity contribution in [3.63, 3.8) is 0 Å². The Balaban J connectivity index is 1.72. The number of Topliss-reactive ketones (excluding diaryl/α,β-unsaturated/α-hetero) is 1. The van der Waals surface area contributed by atoms with Gasteiger partial charge < -0.3 is 5.32 Å². The summed E-state index contributed by atoms with van der Waals surface area (Å²) in [6, 6.07) is 22.7. The number of amides is 1. The normalized spacial score (nSPS) is 19.1. The third kappa shape index (κ3) is 4.14. The van der Waals surface area contributed by atoms with Crippen LogP contribution in [0.2, 0.25) is 0 Å². The monoisotopic (exact) mass is 454 g/mol. The molecular formula is C29H27FN2O2. The number of benzene rings is 3. The van der Waals surface area contributed by atoms with Crippen molar-refractivity contribution < 1.29 is 14.0 Å². The van der Waals surface area contributed by atoms with E-state index in [0.29, 0.717) is 29.7 Å². The lowest BCUT2D eigenvalue weighted by Gasteiger charge is -2.37. The topological polar surface area (TPSA) is 49.4 Å². The van der Waals surface area contributed by atoms with Gasteiger partial charge in [0.05, 0.1) is 23.8 Å². The lowest BCUT2D eigenvalue weighted by Crippen LogP contribution is -2.40. The zero-order valence-corrected chi connectivity index (χ0v) is 19.3. The predicted octanol–water partition coefficient (Wildman–Crippen LogP) is 6.21. The minimum absolute atomic E-state index is 0.0124. The van der Waals surface area contributed by atoms with Crippen molar-refractivity contribution in [1.82, 2.24) is 0 Å². The Kier molecular flexibility index (Phi) is 5.56. The van der Waals surface area contributed by atoms with Crippen LogP contribution in [0.15, 0.2) is 90.1 Å². The van der Waals surface area contributed by atoms with Crippen molar-refractivity contribution in [1.29, 1.82) is 0 Å². The molecule has 0 spiro atoms. The molecule has 1 N–H and O–H groups in total. The molecule has 1 aliphatic heterocycles. The molecule has 1 unspecified atom stereocenters. The van der Waals surface area contributed by atoms with E-state index in [9.17, 15) is 14.0 Å². The van der Waals surface area contributed by atoms with Crippen LogP contribution in [0.3, 0.4) is 0 Å². The van der Waals surface area contributed by atoms with Gasteiger partial charge in [0, 0.05) is 17.7 Å². The molecule has 5 heteroatoms. The fourth-order valence-corrected chi connectivity index (χ4v) is 5.08. The van der Waals surface area contributed by atoms with E-state index in [4.69, 9.17) is 0 Å². The van der Waals surface area contributed by atoms with E-state index < -0.39 is 6.04 Å². The summed E-state index contributed by atoms with van der Waals surface area (Å²) >= 11 is 0. The summed E-state index contributed by atoms with van der Waals surface area (Å²) in [4.78, 5) is 29.3. The van der Waals surface area contributed by atoms with Crippen LogP contribution in [0.5, 0.6) is 0 Å². The second kappa shape index (κ2) is 8.56. The van der Waals surface area contributed by atoms with Crippen LogP contribution in [0, 0.1) is 11.2 Å². The van der Waals surface area contributed by atoms with E-state index >= 15 is 0 Å². The van der Waals surface area contributed by atoms with E-state index in [2.05, 4.69) is 19.2 Å². The fourth-order valence-electron chi connectivity index (χ4n) is 5.08. The Bertz CT molecular complexity index is 1280. The number of halogens is 1. The number of nitrogens with zero attached hydrogens (tertiary/aromatic N) is 1. The predicted molar refractivity (Wildman–Crippen MR) is 132 cm³/mol. The SMILES string of the molecule is CC1(C)CC(=O)C2=C(C1)Nc1ccccc1N(C(=O)Cc1ccccc1)C2c1ccc(F)cc1. The first-order chi connectivity index (χ1) is 16.3. The van der Waals surface area contributed by atoms with E-state index in [0.717, 1.165) is 16.9 Å². The maximum atomic E-state index is 13.9. The minimum Gasteiger partial charge on any atom is -0.357 e. The average Bonchev–Trinajstić information content (AvgIpc) is 2.94. The molecule has 0 saturated heterocycles. The molecule has 34 heavy (non-hydrogen) atoms. The maximum Gasteiger partial charge on any atom is 0.232 e. The first-order valence-corrected chi connectivity index (χ1v) is 11.6. The molecule has 3 aromatic carbocycles.